The van der Waals surface area contributed by atoms with Gasteiger partial charge in [-0.15, -0.1) is 0 Å². The molecular weight excluding hydrogens is 1180 g/mol. The molecule has 3 amide bonds. The van der Waals surface area contributed by atoms with Crippen LogP contribution in [0.2, 0.25) is 0 Å². The Balaban J connectivity index is 1.21. The molecule has 6 heterocycles. The van der Waals surface area contributed by atoms with E-state index < -0.39 is 273 Å². The molecule has 0 aromatic heterocycles. The number of aliphatic hydroxyl groups is 19. The van der Waals surface area contributed by atoms with Crippen molar-refractivity contribution in [2.45, 2.75) is 216 Å². The zero-order valence-electron chi connectivity index (χ0n) is 45.8. The molecule has 0 bridgehead atoms. The predicted octanol–water partition coefficient (Wildman–Crippen LogP) is -15.5. The molecule has 6 rings (SSSR count). The highest BCUT2D eigenvalue weighted by Crippen LogP contribution is 2.38. The van der Waals surface area contributed by atoms with Gasteiger partial charge in [0.1, 0.15) is 140 Å². The fourth-order valence-corrected chi connectivity index (χ4v) is 10.5. The van der Waals surface area contributed by atoms with Crippen LogP contribution in [-0.4, -0.2) is 375 Å². The van der Waals surface area contributed by atoms with Crippen molar-refractivity contribution in [1.82, 2.24) is 16.0 Å². The molecule has 39 nitrogen and oxygen atoms in total. The van der Waals surface area contributed by atoms with Crippen molar-refractivity contribution in [1.29, 1.82) is 0 Å². The molecule has 39 heteroatoms. The molecule has 6 fully saturated rings. The second-order valence-corrected chi connectivity index (χ2v) is 21.2. The number of hydrogen-bond acceptors (Lipinski definition) is 35. The van der Waals surface area contributed by atoms with Crippen molar-refractivity contribution in [3.05, 3.63) is 0 Å². The van der Waals surface area contributed by atoms with Gasteiger partial charge in [-0.25, -0.2) is 4.79 Å². The van der Waals surface area contributed by atoms with Gasteiger partial charge in [-0.1, -0.05) is 0 Å². The number of carbonyl (C=O) groups is 4. The van der Waals surface area contributed by atoms with Gasteiger partial charge in [0.2, 0.25) is 18.2 Å². The van der Waals surface area contributed by atoms with Crippen molar-refractivity contribution in [3.63, 3.8) is 0 Å². The summed E-state index contributed by atoms with van der Waals surface area (Å²) in [7, 11) is 0. The summed E-state index contributed by atoms with van der Waals surface area (Å²) in [6, 6.07) is -4.52. The predicted molar refractivity (Wildman–Crippen MR) is 263 cm³/mol. The monoisotopic (exact) mass is 1260 g/mol. The van der Waals surface area contributed by atoms with Gasteiger partial charge >= 0.3 is 5.97 Å². The highest BCUT2D eigenvalue weighted by atomic mass is 16.8. The molecule has 23 N–H and O–H groups in total. The normalized spacial score (nSPS) is 45.0. The maximum absolute atomic E-state index is 12.9. The van der Waals surface area contributed by atoms with E-state index in [1.54, 1.807) is 0 Å². The van der Waals surface area contributed by atoms with Gasteiger partial charge in [-0.05, 0) is 0 Å². The number of nitrogens with one attached hydrogen (secondary N) is 3. The Morgan fingerprint density at radius 1 is 0.535 bits per heavy atom. The van der Waals surface area contributed by atoms with Crippen molar-refractivity contribution < 1.29 is 178 Å². The second kappa shape index (κ2) is 31.6. The quantitative estimate of drug-likeness (QED) is 0.0340. The van der Waals surface area contributed by atoms with E-state index in [-0.39, 0.29) is 6.41 Å². The maximum atomic E-state index is 12.9. The summed E-state index contributed by atoms with van der Waals surface area (Å²) in [5.74, 6) is -6.78. The number of aliphatic hydroxyl groups excluding tert-OH is 19. The minimum atomic E-state index is -3.03. The Bertz CT molecular complexity index is 2150. The van der Waals surface area contributed by atoms with Crippen LogP contribution in [0, 0.1) is 0 Å². The fraction of sp³-hybridized carbons (Fsp3) is 0.915. The van der Waals surface area contributed by atoms with E-state index in [0.717, 1.165) is 13.8 Å². The molecule has 0 aromatic carbocycles. The third-order valence-electron chi connectivity index (χ3n) is 15.2. The largest absolute Gasteiger partial charge is 0.477 e. The number of carboxylic acid groups (broad SMARTS) is 1. The molecular formula is C47H79N3O36. The molecule has 0 unspecified atom stereocenters. The Labute approximate surface area is 486 Å². The Kier molecular flexibility index (Phi) is 26.3. The average Bonchev–Trinajstić information content (AvgIpc) is 0.885. The summed E-state index contributed by atoms with van der Waals surface area (Å²) in [6.07, 6.45) is -58.1. The summed E-state index contributed by atoms with van der Waals surface area (Å²) >= 11 is 0. The first-order chi connectivity index (χ1) is 40.6. The third-order valence-corrected chi connectivity index (χ3v) is 15.2. The molecule has 86 heavy (non-hydrogen) atoms. The van der Waals surface area contributed by atoms with Crippen LogP contribution in [-0.2, 0) is 76.0 Å². The minimum absolute atomic E-state index is 0.261. The van der Waals surface area contributed by atoms with Crippen molar-refractivity contribution in [2.75, 3.05) is 52.9 Å². The van der Waals surface area contributed by atoms with E-state index in [1.807, 2.05) is 0 Å². The lowest BCUT2D eigenvalue weighted by Gasteiger charge is -2.50. The van der Waals surface area contributed by atoms with Crippen LogP contribution in [0.1, 0.15) is 20.3 Å². The smallest absolute Gasteiger partial charge is 0.364 e. The summed E-state index contributed by atoms with van der Waals surface area (Å²) < 4.78 is 68.3. The first kappa shape index (κ1) is 71.7. The highest BCUT2D eigenvalue weighted by Gasteiger charge is 2.60. The lowest BCUT2D eigenvalue weighted by molar-refractivity contribution is -0.390. The summed E-state index contributed by atoms with van der Waals surface area (Å²) in [6.45, 7) is -5.63. The van der Waals surface area contributed by atoms with Crippen LogP contribution in [0.5, 0.6) is 0 Å². The first-order valence-corrected chi connectivity index (χ1v) is 27.0. The Morgan fingerprint density at radius 2 is 0.988 bits per heavy atom. The van der Waals surface area contributed by atoms with Crippen LogP contribution in [0.15, 0.2) is 0 Å². The van der Waals surface area contributed by atoms with Crippen molar-refractivity contribution >= 4 is 24.2 Å². The molecule has 6 aliphatic rings. The van der Waals surface area contributed by atoms with Crippen molar-refractivity contribution in [2.24, 2.45) is 0 Å². The summed E-state index contributed by atoms with van der Waals surface area (Å²) in [5.41, 5.74) is 0. The zero-order chi connectivity index (χ0) is 63.8. The van der Waals surface area contributed by atoms with E-state index in [0.29, 0.717) is 0 Å². The van der Waals surface area contributed by atoms with Gasteiger partial charge in [0.15, 0.2) is 31.5 Å². The minimum Gasteiger partial charge on any atom is -0.477 e. The third kappa shape index (κ3) is 16.0. The number of aliphatic carboxylic acids is 1. The van der Waals surface area contributed by atoms with E-state index in [9.17, 15) is 121 Å². The SMILES string of the molecule is CC(=O)N[C@H]1[C@H](O[C@H]2[C@@H](O)[C@@H](CO)O[C@H](O[C@H]3[C@@H](O)[C@@H](CO)O[C@@H](O[C@H]4[C@H](O)[C@@H](O)[C@H](OC[C@@H](CO)NC=O)O[C@@H]4CO)[C@@H]3O)[C@@H]2O)O[C@H](CO)[C@H](O)[C@@H]1O[C@@H]1O[C@H](CO[C@]2(C(=O)O)C[C@H](O)[C@@H](NC(C)=O)[C@H]([C@H](O)[C@H](O)CO)O2)[C@H](O)[C@H](O)[C@H]1O. The number of hydrogen-bond donors (Lipinski definition) is 23. The summed E-state index contributed by atoms with van der Waals surface area (Å²) in [4.78, 5) is 48.6. The lowest BCUT2D eigenvalue weighted by atomic mass is 9.88. The van der Waals surface area contributed by atoms with Crippen LogP contribution >= 0.6 is 0 Å². The van der Waals surface area contributed by atoms with Crippen molar-refractivity contribution in [3.8, 4) is 0 Å². The Morgan fingerprint density at radius 3 is 1.49 bits per heavy atom. The molecule has 32 atom stereocenters. The van der Waals surface area contributed by atoms with Gasteiger partial charge < -0.3 is 175 Å². The van der Waals surface area contributed by atoms with Crippen LogP contribution in [0.3, 0.4) is 0 Å². The standard InChI is InChI=1S/C47H79N3O36/c1-13(58)49-23-16(60)3-47(46(73)74,86-38(23)25(62)17(61)5-52)76-11-22-26(63)30(67)32(69)43(81-22)83-37-24(50-14(2)59)41(77-18(6-53)27(37)64)84-39-28(65)19(7-54)79-45(34(39)71)85-40-29(66)20(8-55)78-44(35(40)72)82-36-21(9-56)80-42(33(70)31(36)68)75-10-15(4-51)48-12-57/h12,15-45,51-56,60-72H,3-11H2,1-2H3,(H,48,57)(H,49,58)(H,50,59)(H,73,74)/t15-,16+,17-,18-,19-,20-,21-,22-,23-,24-,25-,26+,27+,28+,29+,30+,31-,32-,33-,34-,35-,36-,37-,38-,39+,40+,41+,42-,43+,44+,45-,47-/m1/s1. The van der Waals surface area contributed by atoms with E-state index >= 15 is 0 Å². The van der Waals surface area contributed by atoms with Gasteiger partial charge in [0, 0.05) is 20.3 Å². The molecule has 0 saturated carbocycles. The number of rotatable bonds is 27. The number of amides is 3. The van der Waals surface area contributed by atoms with E-state index in [1.165, 1.54) is 0 Å². The number of carbonyl (C=O) groups excluding carboxylic acids is 3. The van der Waals surface area contributed by atoms with Crippen LogP contribution < -0.4 is 16.0 Å². The lowest BCUT2D eigenvalue weighted by Crippen LogP contribution is -2.70. The van der Waals surface area contributed by atoms with Crippen LogP contribution in [0.4, 0.5) is 0 Å². The first-order valence-electron chi connectivity index (χ1n) is 27.0. The van der Waals surface area contributed by atoms with Gasteiger partial charge in [-0.2, -0.15) is 0 Å². The number of ether oxygens (including phenoxy) is 12. The van der Waals surface area contributed by atoms with Gasteiger partial charge in [0.25, 0.3) is 5.79 Å². The Hall–Kier alpha value is -3.36. The molecule has 0 aliphatic carbocycles. The maximum Gasteiger partial charge on any atom is 0.364 e. The molecule has 498 valence electrons. The van der Waals surface area contributed by atoms with E-state index in [4.69, 9.17) is 56.8 Å². The topological polar surface area (TPSA) is 620 Å². The summed E-state index contributed by atoms with van der Waals surface area (Å²) in [5, 5.41) is 223. The van der Waals surface area contributed by atoms with Crippen LogP contribution in [0.25, 0.3) is 0 Å². The molecule has 0 spiro atoms. The van der Waals surface area contributed by atoms with Gasteiger partial charge in [-0.3, -0.25) is 14.4 Å². The number of carboxylic acids is 1. The second-order valence-electron chi connectivity index (χ2n) is 21.2. The average molecular weight is 1260 g/mol. The highest BCUT2D eigenvalue weighted by molar-refractivity contribution is 5.76. The molecule has 6 aliphatic heterocycles. The van der Waals surface area contributed by atoms with Gasteiger partial charge in [0.05, 0.1) is 71.0 Å². The molecule has 6 saturated heterocycles. The zero-order valence-corrected chi connectivity index (χ0v) is 45.8. The fourth-order valence-electron chi connectivity index (χ4n) is 10.5. The van der Waals surface area contributed by atoms with E-state index in [2.05, 4.69) is 16.0 Å². The molecule has 0 radical (unpaired) electrons. The molecule has 0 aromatic rings.